The van der Waals surface area contributed by atoms with Gasteiger partial charge in [-0.15, -0.1) is 0 Å². The van der Waals surface area contributed by atoms with Crippen LogP contribution in [0, 0.1) is 0 Å². The van der Waals surface area contributed by atoms with E-state index in [0.717, 1.165) is 15.7 Å². The first-order valence-electron chi connectivity index (χ1n) is 6.29. The molecule has 0 amide bonds. The van der Waals surface area contributed by atoms with Crippen LogP contribution < -0.4 is 5.32 Å². The van der Waals surface area contributed by atoms with Crippen LogP contribution in [0.25, 0.3) is 11.4 Å². The summed E-state index contributed by atoms with van der Waals surface area (Å²) in [6, 6.07) is 10.9. The Morgan fingerprint density at radius 2 is 1.91 bits per heavy atom. The van der Waals surface area contributed by atoms with Crippen molar-refractivity contribution in [1.82, 2.24) is 15.0 Å². The minimum Gasteiger partial charge on any atom is -0.340 e. The number of hydrogen-bond acceptors (Lipinski definition) is 4. The van der Waals surface area contributed by atoms with Crippen molar-refractivity contribution in [3.63, 3.8) is 0 Å². The molecule has 22 heavy (non-hydrogen) atoms. The fraction of sp³-hybridized carbons (Fsp3) is 0. The lowest BCUT2D eigenvalue weighted by molar-refractivity contribution is 1.16. The zero-order valence-corrected chi connectivity index (χ0v) is 14.2. The molecular weight excluding hydrogens is 387 g/mol. The summed E-state index contributed by atoms with van der Waals surface area (Å²) in [5, 5.41) is 4.12. The van der Waals surface area contributed by atoms with Gasteiger partial charge in [-0.25, -0.2) is 9.97 Å². The first-order chi connectivity index (χ1) is 10.6. The molecule has 0 bridgehead atoms. The Morgan fingerprint density at radius 3 is 2.64 bits per heavy atom. The van der Waals surface area contributed by atoms with Gasteiger partial charge in [0.25, 0.3) is 0 Å². The van der Waals surface area contributed by atoms with E-state index in [4.69, 9.17) is 23.2 Å². The zero-order chi connectivity index (χ0) is 15.5. The lowest BCUT2D eigenvalue weighted by atomic mass is 10.2. The van der Waals surface area contributed by atoms with E-state index < -0.39 is 0 Å². The topological polar surface area (TPSA) is 50.7 Å². The molecule has 0 atom stereocenters. The van der Waals surface area contributed by atoms with Crippen molar-refractivity contribution in [2.75, 3.05) is 5.32 Å². The average Bonchev–Trinajstić information content (AvgIpc) is 2.51. The summed E-state index contributed by atoms with van der Waals surface area (Å²) < 4.78 is 0.830. The maximum Gasteiger partial charge on any atom is 0.164 e. The second-order valence-electron chi connectivity index (χ2n) is 4.40. The van der Waals surface area contributed by atoms with Crippen LogP contribution in [0.1, 0.15) is 0 Å². The SMILES string of the molecule is Clc1cc(Nc2ccc(Br)c(Cl)c2)nc(-c2cccnc2)n1. The van der Waals surface area contributed by atoms with Crippen molar-refractivity contribution < 1.29 is 0 Å². The van der Waals surface area contributed by atoms with Crippen molar-refractivity contribution in [3.05, 3.63) is 63.4 Å². The Labute approximate surface area is 145 Å². The first kappa shape index (κ1) is 15.2. The molecule has 0 fully saturated rings. The summed E-state index contributed by atoms with van der Waals surface area (Å²) in [4.78, 5) is 12.7. The van der Waals surface area contributed by atoms with Gasteiger partial charge in [-0.3, -0.25) is 4.98 Å². The number of rotatable bonds is 3. The third-order valence-electron chi connectivity index (χ3n) is 2.81. The molecule has 1 aromatic carbocycles. The van der Waals surface area contributed by atoms with Gasteiger partial charge >= 0.3 is 0 Å². The highest BCUT2D eigenvalue weighted by Gasteiger charge is 2.07. The van der Waals surface area contributed by atoms with E-state index >= 15 is 0 Å². The monoisotopic (exact) mass is 394 g/mol. The van der Waals surface area contributed by atoms with Gasteiger partial charge in [0, 0.05) is 34.2 Å². The quantitative estimate of drug-likeness (QED) is 0.607. The summed E-state index contributed by atoms with van der Waals surface area (Å²) in [5.74, 6) is 1.09. The zero-order valence-electron chi connectivity index (χ0n) is 11.1. The minimum atomic E-state index is 0.347. The van der Waals surface area contributed by atoms with Gasteiger partial charge in [-0.2, -0.15) is 0 Å². The van der Waals surface area contributed by atoms with Crippen LogP contribution in [0.5, 0.6) is 0 Å². The Balaban J connectivity index is 1.94. The first-order valence-corrected chi connectivity index (χ1v) is 7.84. The molecule has 3 aromatic rings. The highest BCUT2D eigenvalue weighted by molar-refractivity contribution is 9.10. The van der Waals surface area contributed by atoms with Crippen LogP contribution >= 0.6 is 39.1 Å². The maximum absolute atomic E-state index is 6.08. The molecule has 0 aliphatic rings. The summed E-state index contributed by atoms with van der Waals surface area (Å²) >= 11 is 15.5. The highest BCUT2D eigenvalue weighted by atomic mass is 79.9. The number of hydrogen-bond donors (Lipinski definition) is 1. The van der Waals surface area contributed by atoms with Gasteiger partial charge in [0.05, 0.1) is 5.02 Å². The Bertz CT molecular complexity index is 812. The molecule has 2 aromatic heterocycles. The Hall–Kier alpha value is -1.69. The number of nitrogens with zero attached hydrogens (tertiary/aromatic N) is 3. The van der Waals surface area contributed by atoms with E-state index in [-0.39, 0.29) is 0 Å². The summed E-state index contributed by atoms with van der Waals surface area (Å²) in [6.07, 6.45) is 3.38. The van der Waals surface area contributed by atoms with Crippen molar-refractivity contribution >= 4 is 50.6 Å². The molecule has 7 heteroatoms. The number of nitrogens with one attached hydrogen (secondary N) is 1. The second-order valence-corrected chi connectivity index (χ2v) is 6.04. The summed E-state index contributed by atoms with van der Waals surface area (Å²) in [7, 11) is 0. The molecule has 110 valence electrons. The summed E-state index contributed by atoms with van der Waals surface area (Å²) in [6.45, 7) is 0. The molecule has 0 aliphatic heterocycles. The smallest absolute Gasteiger partial charge is 0.164 e. The van der Waals surface area contributed by atoms with Crippen molar-refractivity contribution in [2.45, 2.75) is 0 Å². The van der Waals surface area contributed by atoms with Gasteiger partial charge < -0.3 is 5.32 Å². The van der Waals surface area contributed by atoms with Crippen LogP contribution in [-0.4, -0.2) is 15.0 Å². The van der Waals surface area contributed by atoms with Crippen LogP contribution in [-0.2, 0) is 0 Å². The van der Waals surface area contributed by atoms with Gasteiger partial charge in [0.2, 0.25) is 0 Å². The van der Waals surface area contributed by atoms with E-state index in [1.165, 1.54) is 0 Å². The number of aromatic nitrogens is 3. The largest absolute Gasteiger partial charge is 0.340 e. The minimum absolute atomic E-state index is 0.347. The fourth-order valence-corrected chi connectivity index (χ4v) is 2.44. The maximum atomic E-state index is 6.08. The fourth-order valence-electron chi connectivity index (χ4n) is 1.83. The van der Waals surface area contributed by atoms with E-state index in [1.54, 1.807) is 24.5 Å². The van der Waals surface area contributed by atoms with Gasteiger partial charge in [0.1, 0.15) is 11.0 Å². The number of benzene rings is 1. The van der Waals surface area contributed by atoms with Crippen molar-refractivity contribution in [2.24, 2.45) is 0 Å². The molecule has 4 nitrogen and oxygen atoms in total. The normalized spacial score (nSPS) is 10.5. The molecule has 3 rings (SSSR count). The number of anilines is 2. The van der Waals surface area contributed by atoms with Crippen LogP contribution in [0.3, 0.4) is 0 Å². The summed E-state index contributed by atoms with van der Waals surface area (Å²) in [5.41, 5.74) is 1.60. The van der Waals surface area contributed by atoms with Crippen molar-refractivity contribution in [3.8, 4) is 11.4 Å². The molecule has 2 heterocycles. The molecule has 0 radical (unpaired) electrons. The second kappa shape index (κ2) is 6.60. The van der Waals surface area contributed by atoms with Gasteiger partial charge in [0.15, 0.2) is 5.82 Å². The van der Waals surface area contributed by atoms with Crippen molar-refractivity contribution in [1.29, 1.82) is 0 Å². The molecule has 0 aliphatic carbocycles. The lowest BCUT2D eigenvalue weighted by Crippen LogP contribution is -1.98. The Kier molecular flexibility index (Phi) is 4.57. The average molecular weight is 396 g/mol. The molecule has 0 spiro atoms. The molecule has 0 saturated carbocycles. The molecular formula is C15H9BrCl2N4. The lowest BCUT2D eigenvalue weighted by Gasteiger charge is -2.09. The van der Waals surface area contributed by atoms with E-state index in [9.17, 15) is 0 Å². The van der Waals surface area contributed by atoms with Gasteiger partial charge in [-0.1, -0.05) is 23.2 Å². The molecule has 0 unspecified atom stereocenters. The van der Waals surface area contributed by atoms with E-state index in [0.29, 0.717) is 21.8 Å². The van der Waals surface area contributed by atoms with Crippen LogP contribution in [0.2, 0.25) is 10.2 Å². The van der Waals surface area contributed by atoms with E-state index in [2.05, 4.69) is 36.2 Å². The van der Waals surface area contributed by atoms with Crippen LogP contribution in [0.4, 0.5) is 11.5 Å². The third-order valence-corrected chi connectivity index (χ3v) is 4.23. The standard InChI is InChI=1S/C15H9BrCl2N4/c16-11-4-3-10(6-12(11)17)20-14-7-13(18)21-15(22-14)9-2-1-5-19-8-9/h1-8H,(H,20,21,22). The highest BCUT2D eigenvalue weighted by Crippen LogP contribution is 2.28. The number of halogens is 3. The molecule has 1 N–H and O–H groups in total. The van der Waals surface area contributed by atoms with E-state index in [1.807, 2.05) is 24.3 Å². The van der Waals surface area contributed by atoms with Gasteiger partial charge in [-0.05, 0) is 46.3 Å². The third kappa shape index (κ3) is 3.55. The molecule has 0 saturated heterocycles. The van der Waals surface area contributed by atoms with Crippen LogP contribution in [0.15, 0.2) is 53.3 Å². The predicted octanol–water partition coefficient (Wildman–Crippen LogP) is 5.35. The predicted molar refractivity (Wildman–Crippen MR) is 92.7 cm³/mol. The Morgan fingerprint density at radius 1 is 1.05 bits per heavy atom. The number of pyridine rings is 1.